The molecule has 0 amide bonds. The Hall–Kier alpha value is -5.03. The molecular weight excluding hydrogens is 442 g/mol. The summed E-state index contributed by atoms with van der Waals surface area (Å²) in [5, 5.41) is 11.6. The number of benzene rings is 4. The first-order chi connectivity index (χ1) is 17.9. The summed E-state index contributed by atoms with van der Waals surface area (Å²) in [6, 6.07) is 41.4. The number of hydrogen-bond donors (Lipinski definition) is 0. The Morgan fingerprint density at radius 2 is 1.00 bits per heavy atom. The maximum atomic E-state index is 4.90. The van der Waals surface area contributed by atoms with Gasteiger partial charge < -0.3 is 0 Å². The number of pyridine rings is 1. The van der Waals surface area contributed by atoms with Crippen LogP contribution in [-0.2, 0) is 0 Å². The SMILES string of the molecule is c1ccc(-c2nnc(-c3ccc(-n4c5ccccc5c5ccccc54)nc3)n2-c2ccccc2)cc1. The summed E-state index contributed by atoms with van der Waals surface area (Å²) >= 11 is 0. The Balaban J connectivity index is 1.39. The van der Waals surface area contributed by atoms with Gasteiger partial charge in [-0.25, -0.2) is 4.98 Å². The molecule has 170 valence electrons. The maximum Gasteiger partial charge on any atom is 0.170 e. The van der Waals surface area contributed by atoms with Crippen LogP contribution in [0, 0.1) is 0 Å². The van der Waals surface area contributed by atoms with Crippen LogP contribution in [0.3, 0.4) is 0 Å². The van der Waals surface area contributed by atoms with Crippen LogP contribution in [-0.4, -0.2) is 24.3 Å². The smallest absolute Gasteiger partial charge is 0.170 e. The molecule has 0 N–H and O–H groups in total. The van der Waals surface area contributed by atoms with E-state index in [-0.39, 0.29) is 0 Å². The summed E-state index contributed by atoms with van der Waals surface area (Å²) in [4.78, 5) is 4.90. The molecule has 0 unspecified atom stereocenters. The number of nitrogens with zero attached hydrogens (tertiary/aromatic N) is 5. The topological polar surface area (TPSA) is 48.5 Å². The lowest BCUT2D eigenvalue weighted by Crippen LogP contribution is -2.01. The van der Waals surface area contributed by atoms with Gasteiger partial charge in [-0.1, -0.05) is 84.9 Å². The fourth-order valence-corrected chi connectivity index (χ4v) is 4.89. The Morgan fingerprint density at radius 1 is 0.444 bits per heavy atom. The maximum absolute atomic E-state index is 4.90. The van der Waals surface area contributed by atoms with Gasteiger partial charge in [0.25, 0.3) is 0 Å². The zero-order valence-electron chi connectivity index (χ0n) is 19.4. The van der Waals surface area contributed by atoms with E-state index in [9.17, 15) is 0 Å². The molecule has 0 spiro atoms. The highest BCUT2D eigenvalue weighted by molar-refractivity contribution is 6.09. The van der Waals surface area contributed by atoms with Crippen LogP contribution in [0.1, 0.15) is 0 Å². The molecule has 0 saturated heterocycles. The molecule has 5 heteroatoms. The van der Waals surface area contributed by atoms with Crippen LogP contribution in [0.2, 0.25) is 0 Å². The molecular formula is C31H21N5. The van der Waals surface area contributed by atoms with Gasteiger partial charge >= 0.3 is 0 Å². The third-order valence-corrected chi connectivity index (χ3v) is 6.52. The average Bonchev–Trinajstić information content (AvgIpc) is 3.54. The van der Waals surface area contributed by atoms with Crippen LogP contribution >= 0.6 is 0 Å². The van der Waals surface area contributed by atoms with Crippen molar-refractivity contribution in [2.45, 2.75) is 0 Å². The molecule has 0 aliphatic rings. The summed E-state index contributed by atoms with van der Waals surface area (Å²) < 4.78 is 4.30. The molecule has 36 heavy (non-hydrogen) atoms. The van der Waals surface area contributed by atoms with Gasteiger partial charge in [-0.2, -0.15) is 0 Å². The van der Waals surface area contributed by atoms with Gasteiger partial charge in [0.15, 0.2) is 11.6 Å². The van der Waals surface area contributed by atoms with Gasteiger partial charge in [-0.15, -0.1) is 10.2 Å². The van der Waals surface area contributed by atoms with E-state index in [4.69, 9.17) is 4.98 Å². The zero-order valence-corrected chi connectivity index (χ0v) is 19.4. The van der Waals surface area contributed by atoms with Crippen LogP contribution in [0.4, 0.5) is 0 Å². The monoisotopic (exact) mass is 463 g/mol. The Morgan fingerprint density at radius 3 is 1.61 bits per heavy atom. The van der Waals surface area contributed by atoms with Crippen molar-refractivity contribution in [2.75, 3.05) is 0 Å². The fourth-order valence-electron chi connectivity index (χ4n) is 4.89. The lowest BCUT2D eigenvalue weighted by atomic mass is 10.2. The van der Waals surface area contributed by atoms with E-state index in [0.717, 1.165) is 45.3 Å². The first-order valence-corrected chi connectivity index (χ1v) is 11.9. The molecule has 0 fully saturated rings. The van der Waals surface area contributed by atoms with Gasteiger partial charge in [0.1, 0.15) is 5.82 Å². The summed E-state index contributed by atoms with van der Waals surface area (Å²) in [5.41, 5.74) is 5.19. The second-order valence-electron chi connectivity index (χ2n) is 8.66. The Kier molecular flexibility index (Phi) is 4.71. The number of hydrogen-bond acceptors (Lipinski definition) is 3. The molecule has 0 saturated carbocycles. The number of para-hydroxylation sites is 3. The van der Waals surface area contributed by atoms with E-state index >= 15 is 0 Å². The van der Waals surface area contributed by atoms with Gasteiger partial charge in [0.2, 0.25) is 0 Å². The predicted molar refractivity (Wildman–Crippen MR) is 144 cm³/mol. The standard InChI is InChI=1S/C31H21N5/c1-3-11-22(12-4-1)30-33-34-31(35(30)24-13-5-2-6-14-24)23-19-20-29(32-21-23)36-27-17-9-7-15-25(27)26-16-8-10-18-28(26)36/h1-21H. The van der Waals surface area contributed by atoms with Gasteiger partial charge in [0.05, 0.1) is 11.0 Å². The molecule has 3 heterocycles. The normalized spacial score (nSPS) is 11.3. The van der Waals surface area contributed by atoms with Crippen molar-refractivity contribution < 1.29 is 0 Å². The van der Waals surface area contributed by atoms with E-state index < -0.39 is 0 Å². The second-order valence-corrected chi connectivity index (χ2v) is 8.66. The Bertz CT molecular complexity index is 1760. The van der Waals surface area contributed by atoms with Crippen LogP contribution in [0.5, 0.6) is 0 Å². The first kappa shape index (κ1) is 20.4. The first-order valence-electron chi connectivity index (χ1n) is 11.9. The van der Waals surface area contributed by atoms with E-state index in [1.807, 2.05) is 42.6 Å². The molecule has 0 aliphatic carbocycles. The number of fused-ring (bicyclic) bond motifs is 3. The van der Waals surface area contributed by atoms with Crippen molar-refractivity contribution >= 4 is 21.8 Å². The Labute approximate surface area is 207 Å². The minimum absolute atomic E-state index is 0.751. The van der Waals surface area contributed by atoms with Crippen molar-refractivity contribution in [3.05, 3.63) is 128 Å². The number of aromatic nitrogens is 5. The van der Waals surface area contributed by atoms with Crippen molar-refractivity contribution in [3.63, 3.8) is 0 Å². The highest BCUT2D eigenvalue weighted by atomic mass is 15.3. The molecule has 4 aromatic carbocycles. The van der Waals surface area contributed by atoms with Gasteiger partial charge in [-0.05, 0) is 36.4 Å². The largest absolute Gasteiger partial charge is 0.294 e. The zero-order chi connectivity index (χ0) is 23.9. The molecule has 7 rings (SSSR count). The summed E-state index contributed by atoms with van der Waals surface area (Å²) in [6.07, 6.45) is 1.89. The van der Waals surface area contributed by atoms with Gasteiger partial charge in [0, 0.05) is 33.8 Å². The predicted octanol–water partition coefficient (Wildman–Crippen LogP) is 7.09. The summed E-state index contributed by atoms with van der Waals surface area (Å²) in [6.45, 7) is 0. The third-order valence-electron chi connectivity index (χ3n) is 6.52. The second kappa shape index (κ2) is 8.32. The molecule has 3 aromatic heterocycles. The summed E-state index contributed by atoms with van der Waals surface area (Å²) in [5.74, 6) is 2.41. The van der Waals surface area contributed by atoms with Crippen LogP contribution in [0.15, 0.2) is 128 Å². The number of rotatable bonds is 4. The average molecular weight is 464 g/mol. The van der Waals surface area contributed by atoms with E-state index in [1.165, 1.54) is 10.8 Å². The lowest BCUT2D eigenvalue weighted by molar-refractivity contribution is 1.05. The van der Waals surface area contributed by atoms with Gasteiger partial charge in [-0.3, -0.25) is 9.13 Å². The van der Waals surface area contributed by atoms with Crippen LogP contribution < -0.4 is 0 Å². The van der Waals surface area contributed by atoms with Crippen LogP contribution in [0.25, 0.3) is 56.1 Å². The third kappa shape index (κ3) is 3.21. The molecule has 5 nitrogen and oxygen atoms in total. The highest BCUT2D eigenvalue weighted by Gasteiger charge is 2.18. The molecule has 0 bridgehead atoms. The van der Waals surface area contributed by atoms with Crippen molar-refractivity contribution in [2.24, 2.45) is 0 Å². The van der Waals surface area contributed by atoms with Crippen molar-refractivity contribution in [1.82, 2.24) is 24.3 Å². The van der Waals surface area contributed by atoms with E-state index in [1.54, 1.807) is 0 Å². The van der Waals surface area contributed by atoms with E-state index in [2.05, 4.69) is 104 Å². The molecule has 0 aliphatic heterocycles. The molecule has 0 radical (unpaired) electrons. The molecule has 0 atom stereocenters. The lowest BCUT2D eigenvalue weighted by Gasteiger charge is -2.11. The fraction of sp³-hybridized carbons (Fsp3) is 0. The minimum Gasteiger partial charge on any atom is -0.294 e. The quantitative estimate of drug-likeness (QED) is 0.280. The minimum atomic E-state index is 0.751. The highest BCUT2D eigenvalue weighted by Crippen LogP contribution is 2.32. The summed E-state index contributed by atoms with van der Waals surface area (Å²) in [7, 11) is 0. The van der Waals surface area contributed by atoms with Crippen molar-refractivity contribution in [3.8, 4) is 34.3 Å². The van der Waals surface area contributed by atoms with E-state index in [0.29, 0.717) is 0 Å². The molecule has 7 aromatic rings. The van der Waals surface area contributed by atoms with Crippen molar-refractivity contribution in [1.29, 1.82) is 0 Å².